The van der Waals surface area contributed by atoms with E-state index in [1.54, 1.807) is 44.8 Å². The average molecular weight is 549 g/mol. The van der Waals surface area contributed by atoms with Gasteiger partial charge in [0, 0.05) is 22.0 Å². The molecule has 0 saturated heterocycles. The quantitative estimate of drug-likeness (QED) is 0.302. The number of rotatable bonds is 7. The molecule has 1 aliphatic heterocycles. The van der Waals surface area contributed by atoms with Crippen LogP contribution in [0, 0.1) is 12.7 Å². The van der Waals surface area contributed by atoms with Crippen molar-refractivity contribution in [2.24, 2.45) is 0 Å². The molecule has 3 heterocycles. The SMILES string of the molecule is CCC(C)NC(=O)CN1C(=O)CSC(c2sccc2C)c2c(-c3ccccc3)nn(-c3ccc(F)cc3)c21. The lowest BCUT2D eigenvalue weighted by atomic mass is 10.0. The number of thiophene rings is 1. The van der Waals surface area contributed by atoms with E-state index in [1.165, 1.54) is 12.1 Å². The van der Waals surface area contributed by atoms with Crippen LogP contribution in [0.25, 0.3) is 16.9 Å². The Balaban J connectivity index is 1.77. The van der Waals surface area contributed by atoms with Crippen LogP contribution in [0.3, 0.4) is 0 Å². The third-order valence-corrected chi connectivity index (χ3v) is 9.12. The highest BCUT2D eigenvalue weighted by Gasteiger charge is 2.38. The van der Waals surface area contributed by atoms with E-state index in [0.717, 1.165) is 33.7 Å². The van der Waals surface area contributed by atoms with Gasteiger partial charge in [0.1, 0.15) is 18.2 Å². The maximum atomic E-state index is 13.9. The lowest BCUT2D eigenvalue weighted by molar-refractivity contribution is -0.123. The Bertz CT molecular complexity index is 1450. The Morgan fingerprint density at radius 1 is 1.16 bits per heavy atom. The second-order valence-electron chi connectivity index (χ2n) is 9.36. The highest BCUT2D eigenvalue weighted by atomic mass is 32.2. The van der Waals surface area contributed by atoms with Crippen LogP contribution in [-0.2, 0) is 9.59 Å². The van der Waals surface area contributed by atoms with Crippen molar-refractivity contribution in [1.29, 1.82) is 0 Å². The number of carbonyl (C=O) groups excluding carboxylic acids is 2. The second kappa shape index (κ2) is 11.1. The number of fused-ring (bicyclic) bond motifs is 1. The van der Waals surface area contributed by atoms with E-state index in [-0.39, 0.29) is 41.2 Å². The maximum absolute atomic E-state index is 13.9. The highest BCUT2D eigenvalue weighted by Crippen LogP contribution is 2.50. The Labute approximate surface area is 229 Å². The number of carbonyl (C=O) groups is 2. The molecule has 0 spiro atoms. The number of aromatic nitrogens is 2. The van der Waals surface area contributed by atoms with Gasteiger partial charge in [-0.15, -0.1) is 23.1 Å². The van der Waals surface area contributed by atoms with Crippen molar-refractivity contribution in [3.8, 4) is 16.9 Å². The van der Waals surface area contributed by atoms with E-state index < -0.39 is 0 Å². The summed E-state index contributed by atoms with van der Waals surface area (Å²) >= 11 is 3.20. The first-order chi connectivity index (χ1) is 18.4. The number of anilines is 1. The summed E-state index contributed by atoms with van der Waals surface area (Å²) in [6.07, 6.45) is 0.784. The molecule has 0 aliphatic carbocycles. The molecule has 6 nitrogen and oxygen atoms in total. The van der Waals surface area contributed by atoms with Crippen molar-refractivity contribution >= 4 is 40.7 Å². The van der Waals surface area contributed by atoms with Gasteiger partial charge in [-0.05, 0) is 61.5 Å². The predicted octanol–water partition coefficient (Wildman–Crippen LogP) is 6.13. The van der Waals surface area contributed by atoms with Gasteiger partial charge in [-0.3, -0.25) is 14.5 Å². The van der Waals surface area contributed by atoms with Gasteiger partial charge < -0.3 is 5.32 Å². The van der Waals surface area contributed by atoms with E-state index >= 15 is 0 Å². The minimum Gasteiger partial charge on any atom is -0.352 e. The van der Waals surface area contributed by atoms with E-state index in [9.17, 15) is 14.0 Å². The molecule has 0 radical (unpaired) electrons. The molecule has 0 saturated carbocycles. The van der Waals surface area contributed by atoms with Crippen LogP contribution in [0.1, 0.15) is 41.5 Å². The van der Waals surface area contributed by atoms with Crippen LogP contribution in [0.4, 0.5) is 10.2 Å². The molecule has 2 amide bonds. The van der Waals surface area contributed by atoms with E-state index in [4.69, 9.17) is 5.10 Å². The number of thioether (sulfide) groups is 1. The zero-order valence-electron chi connectivity index (χ0n) is 21.5. The first-order valence-corrected chi connectivity index (χ1v) is 14.5. The fourth-order valence-corrected chi connectivity index (χ4v) is 6.99. The lowest BCUT2D eigenvalue weighted by Crippen LogP contribution is -2.44. The minimum absolute atomic E-state index is 0.0122. The van der Waals surface area contributed by atoms with Crippen LogP contribution in [0.5, 0.6) is 0 Å². The third-order valence-electron chi connectivity index (χ3n) is 6.67. The first kappa shape index (κ1) is 26.2. The summed E-state index contributed by atoms with van der Waals surface area (Å²) in [4.78, 5) is 29.5. The summed E-state index contributed by atoms with van der Waals surface area (Å²) in [6.45, 7) is 5.88. The summed E-state index contributed by atoms with van der Waals surface area (Å²) in [5.74, 6) is -0.00991. The number of nitrogens with zero attached hydrogens (tertiary/aromatic N) is 3. The van der Waals surface area contributed by atoms with Crippen molar-refractivity contribution in [2.75, 3.05) is 17.2 Å². The van der Waals surface area contributed by atoms with Gasteiger partial charge in [-0.1, -0.05) is 37.3 Å². The normalized spacial score (nSPS) is 16.2. The Morgan fingerprint density at radius 2 is 1.89 bits per heavy atom. The molecule has 9 heteroatoms. The zero-order valence-corrected chi connectivity index (χ0v) is 23.1. The molecule has 2 unspecified atom stereocenters. The zero-order chi connectivity index (χ0) is 26.8. The van der Waals surface area contributed by atoms with Crippen LogP contribution in [0.15, 0.2) is 66.0 Å². The van der Waals surface area contributed by atoms with Crippen LogP contribution in [-0.4, -0.2) is 39.9 Å². The highest BCUT2D eigenvalue weighted by molar-refractivity contribution is 8.00. The molecule has 196 valence electrons. The molecule has 2 aromatic heterocycles. The average Bonchev–Trinajstić information content (AvgIpc) is 3.49. The van der Waals surface area contributed by atoms with Crippen molar-refractivity contribution in [3.63, 3.8) is 0 Å². The monoisotopic (exact) mass is 548 g/mol. The molecule has 0 fully saturated rings. The first-order valence-electron chi connectivity index (χ1n) is 12.6. The molecule has 0 bridgehead atoms. The number of hydrogen-bond donors (Lipinski definition) is 1. The minimum atomic E-state index is -0.362. The third kappa shape index (κ3) is 5.13. The van der Waals surface area contributed by atoms with E-state index in [2.05, 4.69) is 23.7 Å². The van der Waals surface area contributed by atoms with Crippen LogP contribution in [0.2, 0.25) is 0 Å². The fraction of sp³-hybridized carbons (Fsp3) is 0.276. The van der Waals surface area contributed by atoms with Crippen molar-refractivity contribution in [2.45, 2.75) is 38.5 Å². The fourth-order valence-electron chi connectivity index (χ4n) is 4.52. The maximum Gasteiger partial charge on any atom is 0.240 e. The molecule has 5 rings (SSSR count). The molecule has 38 heavy (non-hydrogen) atoms. The van der Waals surface area contributed by atoms with Crippen LogP contribution < -0.4 is 10.2 Å². The van der Waals surface area contributed by atoms with Gasteiger partial charge in [0.15, 0.2) is 0 Å². The van der Waals surface area contributed by atoms with Gasteiger partial charge in [0.25, 0.3) is 0 Å². The number of nitrogens with one attached hydrogen (secondary N) is 1. The van der Waals surface area contributed by atoms with Gasteiger partial charge in [-0.25, -0.2) is 9.07 Å². The van der Waals surface area contributed by atoms with Gasteiger partial charge >= 0.3 is 0 Å². The Hall–Kier alpha value is -3.43. The topological polar surface area (TPSA) is 67.2 Å². The van der Waals surface area contributed by atoms with Gasteiger partial charge in [0.2, 0.25) is 11.8 Å². The number of hydrogen-bond acceptors (Lipinski definition) is 5. The molecule has 1 aliphatic rings. The summed E-state index contributed by atoms with van der Waals surface area (Å²) in [5.41, 5.74) is 4.26. The summed E-state index contributed by atoms with van der Waals surface area (Å²) in [6, 6.07) is 17.9. The number of amides is 2. The van der Waals surface area contributed by atoms with E-state index in [0.29, 0.717) is 11.5 Å². The number of benzene rings is 2. The standard InChI is InChI=1S/C29H29FN4O2S2/c1-4-19(3)31-23(35)16-33-24(36)17-38-28(27-18(2)14-15-37-27)25-26(20-8-6-5-7-9-20)32-34(29(25)33)22-12-10-21(30)11-13-22/h5-15,19,28H,4,16-17H2,1-3H3,(H,31,35). The molecule has 2 aromatic carbocycles. The summed E-state index contributed by atoms with van der Waals surface area (Å²) in [7, 11) is 0. The molecular weight excluding hydrogens is 519 g/mol. The molecule has 1 N–H and O–H groups in total. The molecular formula is C29H29FN4O2S2. The molecule has 4 aromatic rings. The molecule has 2 atom stereocenters. The van der Waals surface area contributed by atoms with Crippen molar-refractivity contribution in [3.05, 3.63) is 87.9 Å². The second-order valence-corrected chi connectivity index (χ2v) is 11.4. The van der Waals surface area contributed by atoms with E-state index in [1.807, 2.05) is 44.2 Å². The van der Waals surface area contributed by atoms with Gasteiger partial charge in [0.05, 0.1) is 22.4 Å². The summed E-state index contributed by atoms with van der Waals surface area (Å²) < 4.78 is 15.6. The Kier molecular flexibility index (Phi) is 7.67. The van der Waals surface area contributed by atoms with Crippen molar-refractivity contribution in [1.82, 2.24) is 15.1 Å². The Morgan fingerprint density at radius 3 is 2.55 bits per heavy atom. The van der Waals surface area contributed by atoms with Crippen molar-refractivity contribution < 1.29 is 14.0 Å². The van der Waals surface area contributed by atoms with Gasteiger partial charge in [-0.2, -0.15) is 5.10 Å². The smallest absolute Gasteiger partial charge is 0.240 e. The summed E-state index contributed by atoms with van der Waals surface area (Å²) in [5, 5.41) is 9.90. The predicted molar refractivity (Wildman–Crippen MR) is 153 cm³/mol. The largest absolute Gasteiger partial charge is 0.352 e. The van der Waals surface area contributed by atoms with Crippen LogP contribution >= 0.6 is 23.1 Å². The number of halogens is 1. The number of aryl methyl sites for hydroxylation is 1. The lowest BCUT2D eigenvalue weighted by Gasteiger charge is -2.24.